The van der Waals surface area contributed by atoms with Crippen molar-refractivity contribution in [3.8, 4) is 17.6 Å². The summed E-state index contributed by atoms with van der Waals surface area (Å²) in [6.07, 6.45) is 0.599. The number of nitrogens with zero attached hydrogens (tertiary/aromatic N) is 1. The molecule has 0 heterocycles. The van der Waals surface area contributed by atoms with E-state index in [-0.39, 0.29) is 18.1 Å². The molecule has 2 aromatic carbocycles. The Hall–Kier alpha value is -3.53. The maximum Gasteiger partial charge on any atom is 0.338 e. The molecule has 0 atom stereocenters. The van der Waals surface area contributed by atoms with Crippen molar-refractivity contribution in [2.75, 3.05) is 26.4 Å². The van der Waals surface area contributed by atoms with Gasteiger partial charge in [-0.1, -0.05) is 6.07 Å². The van der Waals surface area contributed by atoms with Crippen LogP contribution in [-0.4, -0.2) is 38.2 Å². The second-order valence-electron chi connectivity index (χ2n) is 6.01. The molecule has 2 aromatic rings. The van der Waals surface area contributed by atoms with Crippen molar-refractivity contribution < 1.29 is 23.8 Å². The molecule has 7 nitrogen and oxygen atoms in total. The van der Waals surface area contributed by atoms with Crippen LogP contribution in [0.5, 0.6) is 11.5 Å². The van der Waals surface area contributed by atoms with E-state index in [0.29, 0.717) is 43.2 Å². The monoisotopic (exact) mass is 396 g/mol. The zero-order chi connectivity index (χ0) is 21.1. The van der Waals surface area contributed by atoms with Gasteiger partial charge in [-0.15, -0.1) is 0 Å². The fourth-order valence-corrected chi connectivity index (χ4v) is 2.54. The third kappa shape index (κ3) is 6.85. The first-order valence-electron chi connectivity index (χ1n) is 9.39. The molecule has 152 valence electrons. The molecule has 0 saturated carbocycles. The van der Waals surface area contributed by atoms with Gasteiger partial charge in [0, 0.05) is 6.54 Å². The highest BCUT2D eigenvalue weighted by Crippen LogP contribution is 2.28. The SMILES string of the molecule is CCOc1ccc(CCNC(=O)COC(=O)c2ccc(C#N)cc2)cc1OCC. The van der Waals surface area contributed by atoms with E-state index in [1.54, 1.807) is 0 Å². The average molecular weight is 396 g/mol. The number of hydrogen-bond donors (Lipinski definition) is 1. The van der Waals surface area contributed by atoms with E-state index in [2.05, 4.69) is 5.32 Å². The standard InChI is InChI=1S/C22H24N2O5/c1-3-27-19-10-7-16(13-20(19)28-4-2)11-12-24-21(25)15-29-22(26)18-8-5-17(14-23)6-9-18/h5-10,13H,3-4,11-12,15H2,1-2H3,(H,24,25). The third-order valence-electron chi connectivity index (χ3n) is 3.93. The Morgan fingerprint density at radius 2 is 1.69 bits per heavy atom. The summed E-state index contributed by atoms with van der Waals surface area (Å²) in [5.74, 6) is 0.367. The predicted molar refractivity (Wildman–Crippen MR) is 107 cm³/mol. The number of esters is 1. The average Bonchev–Trinajstić information content (AvgIpc) is 2.74. The lowest BCUT2D eigenvalue weighted by atomic mass is 10.1. The highest BCUT2D eigenvalue weighted by Gasteiger charge is 2.11. The first-order valence-corrected chi connectivity index (χ1v) is 9.39. The Kier molecular flexibility index (Phi) is 8.51. The van der Waals surface area contributed by atoms with Crippen LogP contribution in [0.2, 0.25) is 0 Å². The van der Waals surface area contributed by atoms with E-state index >= 15 is 0 Å². The van der Waals surface area contributed by atoms with Crippen molar-refractivity contribution in [1.82, 2.24) is 5.32 Å². The molecule has 0 aromatic heterocycles. The highest BCUT2D eigenvalue weighted by molar-refractivity contribution is 5.91. The minimum absolute atomic E-state index is 0.287. The Balaban J connectivity index is 1.78. The molecule has 0 fully saturated rings. The van der Waals surface area contributed by atoms with Crippen LogP contribution in [0.4, 0.5) is 0 Å². The number of ether oxygens (including phenoxy) is 3. The lowest BCUT2D eigenvalue weighted by Crippen LogP contribution is -2.30. The third-order valence-corrected chi connectivity index (χ3v) is 3.93. The number of nitrogens with one attached hydrogen (secondary N) is 1. The van der Waals surface area contributed by atoms with Gasteiger partial charge in [0.05, 0.1) is 30.4 Å². The number of carbonyl (C=O) groups excluding carboxylic acids is 2. The lowest BCUT2D eigenvalue weighted by Gasteiger charge is -2.12. The van der Waals surface area contributed by atoms with Gasteiger partial charge in [0.15, 0.2) is 18.1 Å². The number of hydrogen-bond acceptors (Lipinski definition) is 6. The van der Waals surface area contributed by atoms with Crippen LogP contribution < -0.4 is 14.8 Å². The molecule has 29 heavy (non-hydrogen) atoms. The fourth-order valence-electron chi connectivity index (χ4n) is 2.54. The molecule has 0 aliphatic carbocycles. The molecule has 0 aliphatic heterocycles. The quantitative estimate of drug-likeness (QED) is 0.620. The van der Waals surface area contributed by atoms with Crippen LogP contribution in [0.3, 0.4) is 0 Å². The van der Waals surface area contributed by atoms with Crippen LogP contribution in [0.25, 0.3) is 0 Å². The van der Waals surface area contributed by atoms with Gasteiger partial charge in [-0.2, -0.15) is 5.26 Å². The van der Waals surface area contributed by atoms with Gasteiger partial charge < -0.3 is 19.5 Å². The maximum atomic E-state index is 11.9. The van der Waals surface area contributed by atoms with Crippen molar-refractivity contribution in [2.45, 2.75) is 20.3 Å². The molecule has 0 saturated heterocycles. The largest absolute Gasteiger partial charge is 0.490 e. The van der Waals surface area contributed by atoms with Crippen molar-refractivity contribution in [3.63, 3.8) is 0 Å². The van der Waals surface area contributed by atoms with E-state index in [1.165, 1.54) is 24.3 Å². The molecular weight excluding hydrogens is 372 g/mol. The number of rotatable bonds is 10. The number of amides is 1. The molecule has 7 heteroatoms. The number of carbonyl (C=O) groups is 2. The molecule has 2 rings (SSSR count). The highest BCUT2D eigenvalue weighted by atomic mass is 16.5. The molecule has 0 bridgehead atoms. The Morgan fingerprint density at radius 1 is 1.00 bits per heavy atom. The van der Waals surface area contributed by atoms with Gasteiger partial charge in [0.1, 0.15) is 0 Å². The van der Waals surface area contributed by atoms with Gasteiger partial charge in [-0.3, -0.25) is 4.79 Å². The summed E-state index contributed by atoms with van der Waals surface area (Å²) in [6, 6.07) is 13.6. The summed E-state index contributed by atoms with van der Waals surface area (Å²) >= 11 is 0. The summed E-state index contributed by atoms with van der Waals surface area (Å²) in [7, 11) is 0. The van der Waals surface area contributed by atoms with Crippen LogP contribution in [0.1, 0.15) is 35.3 Å². The maximum absolute atomic E-state index is 11.9. The second-order valence-corrected chi connectivity index (χ2v) is 6.01. The van der Waals surface area contributed by atoms with Crippen LogP contribution >= 0.6 is 0 Å². The van der Waals surface area contributed by atoms with E-state index in [9.17, 15) is 9.59 Å². The molecule has 0 spiro atoms. The predicted octanol–water partition coefficient (Wildman–Crippen LogP) is 2.87. The molecule has 0 radical (unpaired) electrons. The molecule has 0 aliphatic rings. The second kappa shape index (κ2) is 11.3. The fraction of sp³-hybridized carbons (Fsp3) is 0.318. The Bertz CT molecular complexity index is 872. The van der Waals surface area contributed by atoms with Gasteiger partial charge in [-0.25, -0.2) is 4.79 Å². The molecule has 0 unspecified atom stereocenters. The normalized spacial score (nSPS) is 9.97. The Morgan fingerprint density at radius 3 is 2.34 bits per heavy atom. The van der Waals surface area contributed by atoms with Crippen molar-refractivity contribution in [2.24, 2.45) is 0 Å². The van der Waals surface area contributed by atoms with Gasteiger partial charge >= 0.3 is 5.97 Å². The van der Waals surface area contributed by atoms with E-state index in [4.69, 9.17) is 19.5 Å². The van der Waals surface area contributed by atoms with Crippen LogP contribution in [0, 0.1) is 11.3 Å². The summed E-state index contributed by atoms with van der Waals surface area (Å²) in [5.41, 5.74) is 1.72. The first kappa shape index (κ1) is 21.8. The number of nitriles is 1. The summed E-state index contributed by atoms with van der Waals surface area (Å²) in [6.45, 7) is 4.93. The lowest BCUT2D eigenvalue weighted by molar-refractivity contribution is -0.124. The Labute approximate surface area is 170 Å². The van der Waals surface area contributed by atoms with Crippen LogP contribution in [-0.2, 0) is 16.0 Å². The van der Waals surface area contributed by atoms with Gasteiger partial charge in [0.2, 0.25) is 0 Å². The number of benzene rings is 2. The smallest absolute Gasteiger partial charge is 0.338 e. The van der Waals surface area contributed by atoms with Crippen molar-refractivity contribution in [1.29, 1.82) is 5.26 Å². The summed E-state index contributed by atoms with van der Waals surface area (Å²) in [4.78, 5) is 23.8. The summed E-state index contributed by atoms with van der Waals surface area (Å²) < 4.78 is 16.1. The van der Waals surface area contributed by atoms with E-state index < -0.39 is 5.97 Å². The summed E-state index contributed by atoms with van der Waals surface area (Å²) in [5, 5.41) is 11.5. The zero-order valence-corrected chi connectivity index (χ0v) is 16.6. The molecular formula is C22H24N2O5. The zero-order valence-electron chi connectivity index (χ0n) is 16.6. The van der Waals surface area contributed by atoms with Gasteiger partial charge in [0.25, 0.3) is 5.91 Å². The van der Waals surface area contributed by atoms with E-state index in [1.807, 2.05) is 38.1 Å². The van der Waals surface area contributed by atoms with Gasteiger partial charge in [-0.05, 0) is 62.2 Å². The molecule has 1 amide bonds. The van der Waals surface area contributed by atoms with Crippen molar-refractivity contribution >= 4 is 11.9 Å². The van der Waals surface area contributed by atoms with E-state index in [0.717, 1.165) is 5.56 Å². The van der Waals surface area contributed by atoms with Crippen molar-refractivity contribution in [3.05, 3.63) is 59.2 Å². The molecule has 1 N–H and O–H groups in total. The minimum atomic E-state index is -0.613. The topological polar surface area (TPSA) is 97.6 Å². The first-order chi connectivity index (χ1) is 14.1. The van der Waals surface area contributed by atoms with Crippen LogP contribution in [0.15, 0.2) is 42.5 Å². The minimum Gasteiger partial charge on any atom is -0.490 e.